The van der Waals surface area contributed by atoms with E-state index in [0.717, 1.165) is 25.7 Å². The van der Waals surface area contributed by atoms with Crippen LogP contribution in [0.4, 0.5) is 0 Å². The van der Waals surface area contributed by atoms with Gasteiger partial charge in [-0.25, -0.2) is 0 Å². The molecule has 3 rings (SSSR count). The molecule has 0 radical (unpaired) electrons. The van der Waals surface area contributed by atoms with Crippen LogP contribution in [-0.4, -0.2) is 16.5 Å². The van der Waals surface area contributed by atoms with Crippen molar-refractivity contribution in [3.05, 3.63) is 35.9 Å². The lowest BCUT2D eigenvalue weighted by atomic mass is 9.80. The van der Waals surface area contributed by atoms with Gasteiger partial charge in [0.05, 0.1) is 0 Å². The molecule has 0 bridgehead atoms. The van der Waals surface area contributed by atoms with Crippen molar-refractivity contribution < 1.29 is 9.90 Å². The minimum absolute atomic E-state index is 0.0653. The van der Waals surface area contributed by atoms with Gasteiger partial charge in [-0.15, -0.1) is 0 Å². The number of carbonyl (C=O) groups excluding carboxylic acids is 1. The molecular weight excluding hydrogens is 224 g/mol. The van der Waals surface area contributed by atoms with E-state index in [9.17, 15) is 9.90 Å². The largest absolute Gasteiger partial charge is 0.382 e. The predicted octanol–water partition coefficient (Wildman–Crippen LogP) is 3.05. The van der Waals surface area contributed by atoms with Crippen LogP contribution in [0.1, 0.15) is 50.0 Å². The maximum Gasteiger partial charge on any atom is 0.168 e. The molecule has 18 heavy (non-hydrogen) atoms. The number of ketones is 1. The fourth-order valence-electron chi connectivity index (χ4n) is 3.28. The molecule has 0 amide bonds. The summed E-state index contributed by atoms with van der Waals surface area (Å²) >= 11 is 0. The van der Waals surface area contributed by atoms with Crippen LogP contribution in [0.2, 0.25) is 0 Å². The maximum absolute atomic E-state index is 12.4. The van der Waals surface area contributed by atoms with Crippen LogP contribution < -0.4 is 0 Å². The lowest BCUT2D eigenvalue weighted by Gasteiger charge is -2.30. The number of aliphatic hydroxyl groups is 1. The summed E-state index contributed by atoms with van der Waals surface area (Å²) in [5.41, 5.74) is 0.238. The van der Waals surface area contributed by atoms with Gasteiger partial charge in [0.15, 0.2) is 5.78 Å². The second-order valence-electron chi connectivity index (χ2n) is 5.82. The Morgan fingerprint density at radius 1 is 1.11 bits per heavy atom. The SMILES string of the molecule is O=C(C1CC1c1ccccc1)C1(O)CCCCC1. The van der Waals surface area contributed by atoms with E-state index in [-0.39, 0.29) is 11.7 Å². The molecule has 2 atom stereocenters. The van der Waals surface area contributed by atoms with Gasteiger partial charge >= 0.3 is 0 Å². The summed E-state index contributed by atoms with van der Waals surface area (Å²) in [6.07, 6.45) is 5.40. The molecule has 1 aromatic rings. The van der Waals surface area contributed by atoms with Gasteiger partial charge in [-0.1, -0.05) is 49.6 Å². The molecule has 96 valence electrons. The number of rotatable bonds is 3. The Morgan fingerprint density at radius 3 is 2.44 bits per heavy atom. The molecule has 2 aliphatic carbocycles. The Hall–Kier alpha value is -1.15. The summed E-state index contributed by atoms with van der Waals surface area (Å²) in [6.45, 7) is 0. The first-order valence-electron chi connectivity index (χ1n) is 7.02. The van der Waals surface area contributed by atoms with Crippen molar-refractivity contribution in [2.45, 2.75) is 50.0 Å². The molecule has 2 saturated carbocycles. The second-order valence-corrected chi connectivity index (χ2v) is 5.82. The second kappa shape index (κ2) is 4.51. The van der Waals surface area contributed by atoms with Crippen molar-refractivity contribution in [1.82, 2.24) is 0 Å². The maximum atomic E-state index is 12.4. The normalized spacial score (nSPS) is 29.8. The molecule has 2 aliphatic rings. The molecule has 0 aromatic heterocycles. The van der Waals surface area contributed by atoms with Crippen LogP contribution in [0.25, 0.3) is 0 Å². The number of benzene rings is 1. The highest BCUT2D eigenvalue weighted by atomic mass is 16.3. The van der Waals surface area contributed by atoms with Gasteiger partial charge in [0.1, 0.15) is 5.60 Å². The van der Waals surface area contributed by atoms with E-state index in [1.54, 1.807) is 0 Å². The molecule has 2 nitrogen and oxygen atoms in total. The van der Waals surface area contributed by atoms with Gasteiger partial charge in [-0.2, -0.15) is 0 Å². The van der Waals surface area contributed by atoms with Gasteiger partial charge < -0.3 is 5.11 Å². The van der Waals surface area contributed by atoms with Crippen molar-refractivity contribution in [3.8, 4) is 0 Å². The molecule has 1 aromatic carbocycles. The zero-order chi connectivity index (χ0) is 12.6. The van der Waals surface area contributed by atoms with Gasteiger partial charge in [-0.3, -0.25) is 4.79 Å². The topological polar surface area (TPSA) is 37.3 Å². The Balaban J connectivity index is 1.69. The lowest BCUT2D eigenvalue weighted by molar-refractivity contribution is -0.142. The Morgan fingerprint density at radius 2 is 1.78 bits per heavy atom. The molecule has 0 saturated heterocycles. The number of Topliss-reactive ketones (excluding diaryl/α,β-unsaturated/α-hetero) is 1. The standard InChI is InChI=1S/C16H20O2/c17-15(16(18)9-5-2-6-10-16)14-11-13(14)12-7-3-1-4-8-12/h1,3-4,7-8,13-14,18H,2,5-6,9-11H2. The molecule has 0 aliphatic heterocycles. The number of hydrogen-bond acceptors (Lipinski definition) is 2. The molecular formula is C16H20O2. The van der Waals surface area contributed by atoms with Crippen LogP contribution in [0, 0.1) is 5.92 Å². The molecule has 2 heteroatoms. The first kappa shape index (κ1) is 11.9. The van der Waals surface area contributed by atoms with Gasteiger partial charge in [0, 0.05) is 5.92 Å². The van der Waals surface area contributed by atoms with E-state index in [4.69, 9.17) is 0 Å². The first-order valence-corrected chi connectivity index (χ1v) is 7.02. The van der Waals surface area contributed by atoms with E-state index in [0.29, 0.717) is 18.8 Å². The van der Waals surface area contributed by atoms with E-state index in [2.05, 4.69) is 12.1 Å². The first-order chi connectivity index (χ1) is 8.71. The monoisotopic (exact) mass is 244 g/mol. The van der Waals surface area contributed by atoms with Crippen LogP contribution in [0.5, 0.6) is 0 Å². The van der Waals surface area contributed by atoms with Crippen LogP contribution in [0.3, 0.4) is 0 Å². The van der Waals surface area contributed by atoms with Crippen molar-refractivity contribution in [2.75, 3.05) is 0 Å². The van der Waals surface area contributed by atoms with Crippen molar-refractivity contribution in [1.29, 1.82) is 0 Å². The third-order valence-corrected chi connectivity index (χ3v) is 4.49. The average Bonchev–Trinajstić information content (AvgIpc) is 3.20. The third kappa shape index (κ3) is 2.10. The fraction of sp³-hybridized carbons (Fsp3) is 0.562. The van der Waals surface area contributed by atoms with Crippen LogP contribution >= 0.6 is 0 Å². The molecule has 2 fully saturated rings. The Kier molecular flexibility index (Phi) is 2.98. The van der Waals surface area contributed by atoms with Crippen molar-refractivity contribution in [2.24, 2.45) is 5.92 Å². The summed E-state index contributed by atoms with van der Waals surface area (Å²) in [6, 6.07) is 10.2. The summed E-state index contributed by atoms with van der Waals surface area (Å²) < 4.78 is 0. The van der Waals surface area contributed by atoms with E-state index in [1.165, 1.54) is 5.56 Å². The zero-order valence-corrected chi connectivity index (χ0v) is 10.6. The minimum atomic E-state index is -1.01. The van der Waals surface area contributed by atoms with Crippen LogP contribution in [-0.2, 0) is 4.79 Å². The van der Waals surface area contributed by atoms with Crippen molar-refractivity contribution in [3.63, 3.8) is 0 Å². The van der Waals surface area contributed by atoms with Gasteiger partial charge in [0.25, 0.3) is 0 Å². The molecule has 1 N–H and O–H groups in total. The summed E-state index contributed by atoms with van der Waals surface area (Å²) in [5.74, 6) is 0.524. The van der Waals surface area contributed by atoms with Crippen molar-refractivity contribution >= 4 is 5.78 Å². The molecule has 0 spiro atoms. The molecule has 0 heterocycles. The Labute approximate surface area is 108 Å². The van der Waals surface area contributed by atoms with E-state index >= 15 is 0 Å². The van der Waals surface area contributed by atoms with Gasteiger partial charge in [-0.05, 0) is 30.7 Å². The Bertz CT molecular complexity index is 432. The summed E-state index contributed by atoms with van der Waals surface area (Å²) in [7, 11) is 0. The molecule has 2 unspecified atom stereocenters. The minimum Gasteiger partial charge on any atom is -0.382 e. The van der Waals surface area contributed by atoms with Gasteiger partial charge in [0.2, 0.25) is 0 Å². The number of hydrogen-bond donors (Lipinski definition) is 1. The highest BCUT2D eigenvalue weighted by molar-refractivity contribution is 5.92. The smallest absolute Gasteiger partial charge is 0.168 e. The fourth-order valence-corrected chi connectivity index (χ4v) is 3.28. The van der Waals surface area contributed by atoms with Crippen LogP contribution in [0.15, 0.2) is 30.3 Å². The number of carbonyl (C=O) groups is 1. The average molecular weight is 244 g/mol. The summed E-state index contributed by atoms with van der Waals surface area (Å²) in [5, 5.41) is 10.5. The predicted molar refractivity (Wildman–Crippen MR) is 70.3 cm³/mol. The zero-order valence-electron chi connectivity index (χ0n) is 10.6. The highest BCUT2D eigenvalue weighted by Gasteiger charge is 2.51. The summed E-state index contributed by atoms with van der Waals surface area (Å²) in [4.78, 5) is 12.4. The van der Waals surface area contributed by atoms with E-state index < -0.39 is 5.60 Å². The highest BCUT2D eigenvalue weighted by Crippen LogP contribution is 2.51. The quantitative estimate of drug-likeness (QED) is 0.887. The van der Waals surface area contributed by atoms with E-state index in [1.807, 2.05) is 18.2 Å². The third-order valence-electron chi connectivity index (χ3n) is 4.49. The lowest BCUT2D eigenvalue weighted by Crippen LogP contribution is -2.41.